The van der Waals surface area contributed by atoms with Gasteiger partial charge in [-0.3, -0.25) is 14.7 Å². The number of amides is 1. The van der Waals surface area contributed by atoms with E-state index in [-0.39, 0.29) is 5.91 Å². The summed E-state index contributed by atoms with van der Waals surface area (Å²) in [5.74, 6) is 0.186. The van der Waals surface area contributed by atoms with Crippen LogP contribution in [0.5, 0.6) is 0 Å². The largest absolute Gasteiger partial charge is 0.368 e. The zero-order valence-electron chi connectivity index (χ0n) is 19.4. The Morgan fingerprint density at radius 3 is 2.78 bits per heavy atom. The molecule has 1 N–H and O–H groups in total. The van der Waals surface area contributed by atoms with E-state index >= 15 is 0 Å². The highest BCUT2D eigenvalue weighted by Gasteiger charge is 2.29. The SMILES string of the molecule is CC(=O)N1CCN(c2cccc3c2C[C@H](CN(C)[C@H]2CCCc4cccnc42)NC3)CC1. The van der Waals surface area contributed by atoms with Crippen molar-refractivity contribution in [2.24, 2.45) is 0 Å². The third-order valence-electron chi connectivity index (χ3n) is 7.55. The van der Waals surface area contributed by atoms with E-state index in [4.69, 9.17) is 4.98 Å². The number of fused-ring (bicyclic) bond motifs is 2. The van der Waals surface area contributed by atoms with Gasteiger partial charge in [-0.05, 0) is 61.6 Å². The molecule has 0 unspecified atom stereocenters. The summed E-state index contributed by atoms with van der Waals surface area (Å²) in [7, 11) is 2.26. The summed E-state index contributed by atoms with van der Waals surface area (Å²) in [4.78, 5) is 23.4. The fraction of sp³-hybridized carbons (Fsp3) is 0.538. The maximum Gasteiger partial charge on any atom is 0.219 e. The predicted octanol–water partition coefficient (Wildman–Crippen LogP) is 2.77. The molecule has 0 bridgehead atoms. The molecule has 0 spiro atoms. The molecule has 1 aliphatic carbocycles. The van der Waals surface area contributed by atoms with Crippen LogP contribution in [0, 0.1) is 0 Å². The summed E-state index contributed by atoms with van der Waals surface area (Å²) in [5, 5.41) is 3.79. The van der Waals surface area contributed by atoms with Crippen LogP contribution in [-0.4, -0.2) is 66.5 Å². The second kappa shape index (κ2) is 9.20. The molecule has 170 valence electrons. The number of carbonyl (C=O) groups excluding carboxylic acids is 1. The number of nitrogens with one attached hydrogen (secondary N) is 1. The number of nitrogens with zero attached hydrogens (tertiary/aromatic N) is 4. The molecule has 0 radical (unpaired) electrons. The van der Waals surface area contributed by atoms with Crippen molar-refractivity contribution in [2.45, 2.75) is 51.2 Å². The van der Waals surface area contributed by atoms with Gasteiger partial charge < -0.3 is 15.1 Å². The van der Waals surface area contributed by atoms with Crippen molar-refractivity contribution in [3.63, 3.8) is 0 Å². The van der Waals surface area contributed by atoms with Gasteiger partial charge in [0.05, 0.1) is 11.7 Å². The molecule has 6 nitrogen and oxygen atoms in total. The lowest BCUT2D eigenvalue weighted by molar-refractivity contribution is -0.129. The number of pyridine rings is 1. The zero-order valence-corrected chi connectivity index (χ0v) is 19.4. The highest BCUT2D eigenvalue weighted by molar-refractivity contribution is 5.73. The van der Waals surface area contributed by atoms with Crippen LogP contribution in [-0.2, 0) is 24.2 Å². The molecular formula is C26H35N5O. The van der Waals surface area contributed by atoms with Gasteiger partial charge >= 0.3 is 0 Å². The van der Waals surface area contributed by atoms with Gasteiger partial charge in [0, 0.05) is 64.1 Å². The molecule has 2 atom stereocenters. The van der Waals surface area contributed by atoms with Crippen LogP contribution < -0.4 is 10.2 Å². The standard InChI is InChI=1S/C26H35N5O/c1-19(32)30-12-14-31(15-13-30)24-9-4-7-21-17-28-22(16-23(21)24)18-29(2)25-10-3-6-20-8-5-11-27-26(20)25/h4-5,7-9,11,22,25,28H,3,6,10,12-18H2,1-2H3/t22-,25+/m1/s1. The summed E-state index contributed by atoms with van der Waals surface area (Å²) in [6.45, 7) is 7.08. The number of carbonyl (C=O) groups is 1. The number of aromatic nitrogens is 1. The van der Waals surface area contributed by atoms with E-state index in [0.717, 1.165) is 52.1 Å². The predicted molar refractivity (Wildman–Crippen MR) is 128 cm³/mol. The van der Waals surface area contributed by atoms with E-state index in [1.165, 1.54) is 40.9 Å². The summed E-state index contributed by atoms with van der Waals surface area (Å²) in [6, 6.07) is 11.9. The van der Waals surface area contributed by atoms with E-state index in [2.05, 4.69) is 52.5 Å². The van der Waals surface area contributed by atoms with Crippen LogP contribution in [0.3, 0.4) is 0 Å². The van der Waals surface area contributed by atoms with Crippen molar-refractivity contribution in [3.05, 3.63) is 58.9 Å². The van der Waals surface area contributed by atoms with Crippen molar-refractivity contribution >= 4 is 11.6 Å². The van der Waals surface area contributed by atoms with Gasteiger partial charge in [0.1, 0.15) is 0 Å². The zero-order chi connectivity index (χ0) is 22.1. The molecule has 3 heterocycles. The molecule has 1 aromatic carbocycles. The Morgan fingerprint density at radius 2 is 1.97 bits per heavy atom. The average Bonchev–Trinajstić information content (AvgIpc) is 2.83. The number of piperazine rings is 1. The van der Waals surface area contributed by atoms with Gasteiger partial charge in [-0.15, -0.1) is 0 Å². The third-order valence-corrected chi connectivity index (χ3v) is 7.55. The number of likely N-dealkylation sites (N-methyl/N-ethyl adjacent to an activating group) is 1. The maximum absolute atomic E-state index is 11.7. The number of benzene rings is 1. The Balaban J connectivity index is 1.28. The second-order valence-corrected chi connectivity index (χ2v) is 9.59. The Kier molecular flexibility index (Phi) is 6.15. The van der Waals surface area contributed by atoms with Gasteiger partial charge in [0.25, 0.3) is 0 Å². The molecule has 1 aromatic heterocycles. The van der Waals surface area contributed by atoms with E-state index in [1.807, 2.05) is 11.1 Å². The van der Waals surface area contributed by atoms with Crippen LogP contribution >= 0.6 is 0 Å². The second-order valence-electron chi connectivity index (χ2n) is 9.59. The van der Waals surface area contributed by atoms with Crippen LogP contribution in [0.4, 0.5) is 5.69 Å². The molecule has 6 heteroatoms. The Bertz CT molecular complexity index is 968. The summed E-state index contributed by atoms with van der Waals surface area (Å²) in [5.41, 5.74) is 6.97. The molecule has 3 aliphatic rings. The van der Waals surface area contributed by atoms with E-state index in [9.17, 15) is 4.79 Å². The molecule has 0 saturated carbocycles. The van der Waals surface area contributed by atoms with Gasteiger partial charge in [-0.25, -0.2) is 0 Å². The minimum absolute atomic E-state index is 0.186. The summed E-state index contributed by atoms with van der Waals surface area (Å²) in [6.07, 6.45) is 6.58. The number of hydrogen-bond acceptors (Lipinski definition) is 5. The number of anilines is 1. The highest BCUT2D eigenvalue weighted by Crippen LogP contribution is 2.33. The quantitative estimate of drug-likeness (QED) is 0.804. The lowest BCUT2D eigenvalue weighted by atomic mass is 9.89. The molecule has 2 aromatic rings. The topological polar surface area (TPSA) is 51.7 Å². The normalized spacial score (nSPS) is 23.1. The number of hydrogen-bond donors (Lipinski definition) is 1. The smallest absolute Gasteiger partial charge is 0.219 e. The Morgan fingerprint density at radius 1 is 1.16 bits per heavy atom. The number of aryl methyl sites for hydroxylation is 1. The van der Waals surface area contributed by atoms with Crippen LogP contribution in [0.15, 0.2) is 36.5 Å². The first-order valence-electron chi connectivity index (χ1n) is 12.1. The fourth-order valence-electron chi connectivity index (χ4n) is 5.77. The number of rotatable bonds is 4. The lowest BCUT2D eigenvalue weighted by Gasteiger charge is -2.39. The fourth-order valence-corrected chi connectivity index (χ4v) is 5.77. The van der Waals surface area contributed by atoms with Crippen LogP contribution in [0.2, 0.25) is 0 Å². The maximum atomic E-state index is 11.7. The van der Waals surface area contributed by atoms with Gasteiger partial charge in [-0.2, -0.15) is 0 Å². The molecule has 5 rings (SSSR count). The first kappa shape index (κ1) is 21.4. The molecule has 32 heavy (non-hydrogen) atoms. The highest BCUT2D eigenvalue weighted by atomic mass is 16.2. The van der Waals surface area contributed by atoms with Gasteiger partial charge in [-0.1, -0.05) is 18.2 Å². The third kappa shape index (κ3) is 4.26. The minimum atomic E-state index is 0.186. The minimum Gasteiger partial charge on any atom is -0.368 e. The van der Waals surface area contributed by atoms with E-state index in [1.54, 1.807) is 6.92 Å². The van der Waals surface area contributed by atoms with Gasteiger partial charge in [0.15, 0.2) is 0 Å². The Labute approximate surface area is 191 Å². The van der Waals surface area contributed by atoms with E-state index < -0.39 is 0 Å². The molecule has 1 fully saturated rings. The molecule has 1 amide bonds. The molecule has 2 aliphatic heterocycles. The first-order chi connectivity index (χ1) is 15.6. The summed E-state index contributed by atoms with van der Waals surface area (Å²) < 4.78 is 0. The molecule has 1 saturated heterocycles. The van der Waals surface area contributed by atoms with Crippen molar-refractivity contribution in [2.75, 3.05) is 44.7 Å². The van der Waals surface area contributed by atoms with Gasteiger partial charge in [0.2, 0.25) is 5.91 Å². The van der Waals surface area contributed by atoms with E-state index in [0.29, 0.717) is 12.1 Å². The summed E-state index contributed by atoms with van der Waals surface area (Å²) >= 11 is 0. The first-order valence-corrected chi connectivity index (χ1v) is 12.1. The average molecular weight is 434 g/mol. The van der Waals surface area contributed by atoms with Crippen molar-refractivity contribution in [1.82, 2.24) is 20.1 Å². The lowest BCUT2D eigenvalue weighted by Crippen LogP contribution is -2.49. The Hall–Kier alpha value is -2.44. The van der Waals surface area contributed by atoms with Crippen LogP contribution in [0.1, 0.15) is 48.2 Å². The van der Waals surface area contributed by atoms with Crippen molar-refractivity contribution in [1.29, 1.82) is 0 Å². The van der Waals surface area contributed by atoms with Crippen LogP contribution in [0.25, 0.3) is 0 Å². The van der Waals surface area contributed by atoms with Crippen molar-refractivity contribution < 1.29 is 4.79 Å². The molecular weight excluding hydrogens is 398 g/mol. The monoisotopic (exact) mass is 433 g/mol. The van der Waals surface area contributed by atoms with Crippen molar-refractivity contribution in [3.8, 4) is 0 Å².